The molecule has 88 valence electrons. The van der Waals surface area contributed by atoms with Crippen LogP contribution in [0.4, 0.5) is 5.82 Å². The van der Waals surface area contributed by atoms with Gasteiger partial charge in [0.15, 0.2) is 0 Å². The number of rotatable bonds is 1. The first-order valence-corrected chi connectivity index (χ1v) is 5.54. The van der Waals surface area contributed by atoms with Crippen LogP contribution in [0, 0.1) is 6.92 Å². The fraction of sp³-hybridized carbons (Fsp3) is 0.0769. The summed E-state index contributed by atoms with van der Waals surface area (Å²) in [4.78, 5) is 8.17. The first-order chi connectivity index (χ1) is 8.74. The van der Waals surface area contributed by atoms with Crippen LogP contribution in [-0.4, -0.2) is 20.2 Å². The minimum Gasteiger partial charge on any atom is -0.383 e. The summed E-state index contributed by atoms with van der Waals surface area (Å²) >= 11 is 0. The van der Waals surface area contributed by atoms with Gasteiger partial charge in [-0.15, -0.1) is 0 Å². The summed E-state index contributed by atoms with van der Waals surface area (Å²) in [6, 6.07) is 7.87. The molecule has 0 unspecified atom stereocenters. The lowest BCUT2D eigenvalue weighted by molar-refractivity contribution is 0.983. The number of nitrogen functional groups attached to an aromatic ring is 1. The van der Waals surface area contributed by atoms with Crippen molar-refractivity contribution in [3.63, 3.8) is 0 Å². The lowest BCUT2D eigenvalue weighted by atomic mass is 10.1. The second-order valence-corrected chi connectivity index (χ2v) is 4.08. The summed E-state index contributed by atoms with van der Waals surface area (Å²) < 4.78 is 0. The van der Waals surface area contributed by atoms with Gasteiger partial charge in [0.05, 0.1) is 17.4 Å². The zero-order valence-corrected chi connectivity index (χ0v) is 9.83. The van der Waals surface area contributed by atoms with Crippen molar-refractivity contribution < 1.29 is 0 Å². The van der Waals surface area contributed by atoms with E-state index in [1.165, 1.54) is 6.33 Å². The van der Waals surface area contributed by atoms with Gasteiger partial charge in [-0.05, 0) is 30.7 Å². The number of aromatic nitrogens is 4. The summed E-state index contributed by atoms with van der Waals surface area (Å²) in [6.45, 7) is 1.91. The van der Waals surface area contributed by atoms with E-state index >= 15 is 0 Å². The normalized spacial score (nSPS) is 10.7. The van der Waals surface area contributed by atoms with Crippen molar-refractivity contribution >= 4 is 16.7 Å². The smallest absolute Gasteiger partial charge is 0.134 e. The van der Waals surface area contributed by atoms with Crippen LogP contribution >= 0.6 is 0 Å². The summed E-state index contributed by atoms with van der Waals surface area (Å²) in [6.07, 6.45) is 3.20. The topological polar surface area (TPSA) is 77.6 Å². The Bertz CT molecular complexity index is 723. The molecule has 18 heavy (non-hydrogen) atoms. The molecular formula is C13H11N5. The number of benzene rings is 1. The van der Waals surface area contributed by atoms with Crippen LogP contribution in [0.5, 0.6) is 0 Å². The Morgan fingerprint density at radius 3 is 2.78 bits per heavy atom. The minimum atomic E-state index is 0.487. The van der Waals surface area contributed by atoms with E-state index < -0.39 is 0 Å². The van der Waals surface area contributed by atoms with E-state index in [2.05, 4.69) is 20.2 Å². The third-order valence-corrected chi connectivity index (χ3v) is 2.78. The Morgan fingerprint density at radius 2 is 1.94 bits per heavy atom. The highest BCUT2D eigenvalue weighted by atomic mass is 15.1. The van der Waals surface area contributed by atoms with Gasteiger partial charge in [-0.2, -0.15) is 10.2 Å². The summed E-state index contributed by atoms with van der Waals surface area (Å²) in [5.41, 5.74) is 9.61. The minimum absolute atomic E-state index is 0.487. The lowest BCUT2D eigenvalue weighted by Gasteiger charge is -2.05. The molecule has 0 amide bonds. The quantitative estimate of drug-likeness (QED) is 0.700. The molecule has 0 fully saturated rings. The molecule has 5 nitrogen and oxygen atoms in total. The number of hydrogen-bond acceptors (Lipinski definition) is 5. The van der Waals surface area contributed by atoms with Gasteiger partial charge in [-0.3, -0.25) is 0 Å². The van der Waals surface area contributed by atoms with Crippen molar-refractivity contribution in [2.24, 2.45) is 0 Å². The molecular weight excluding hydrogens is 226 g/mol. The van der Waals surface area contributed by atoms with Gasteiger partial charge in [-0.25, -0.2) is 9.97 Å². The van der Waals surface area contributed by atoms with E-state index in [4.69, 9.17) is 5.73 Å². The third kappa shape index (κ3) is 1.75. The summed E-state index contributed by atoms with van der Waals surface area (Å²) in [5, 5.41) is 8.75. The molecule has 2 N–H and O–H groups in total. The fourth-order valence-electron chi connectivity index (χ4n) is 1.89. The monoisotopic (exact) mass is 237 g/mol. The summed E-state index contributed by atoms with van der Waals surface area (Å²) in [7, 11) is 0. The Balaban J connectivity index is 2.22. The van der Waals surface area contributed by atoms with Gasteiger partial charge in [0, 0.05) is 10.9 Å². The number of nitrogens with zero attached hydrogens (tertiary/aromatic N) is 4. The van der Waals surface area contributed by atoms with E-state index in [0.29, 0.717) is 5.82 Å². The van der Waals surface area contributed by atoms with Crippen LogP contribution in [0.15, 0.2) is 36.8 Å². The average molecular weight is 237 g/mol. The SMILES string of the molecule is Cc1cc(-c2ccc3ncnc(N)c3c2)cnn1. The second-order valence-electron chi connectivity index (χ2n) is 4.08. The van der Waals surface area contributed by atoms with Crippen molar-refractivity contribution in [1.82, 2.24) is 20.2 Å². The molecule has 2 heterocycles. The molecule has 0 spiro atoms. The van der Waals surface area contributed by atoms with Crippen LogP contribution in [0.25, 0.3) is 22.0 Å². The van der Waals surface area contributed by atoms with Crippen LogP contribution in [-0.2, 0) is 0 Å². The van der Waals surface area contributed by atoms with Gasteiger partial charge in [0.1, 0.15) is 12.1 Å². The van der Waals surface area contributed by atoms with E-state index in [9.17, 15) is 0 Å². The molecule has 0 bridgehead atoms. The Labute approximate surface area is 104 Å². The van der Waals surface area contributed by atoms with Gasteiger partial charge < -0.3 is 5.73 Å². The van der Waals surface area contributed by atoms with E-state index in [1.54, 1.807) is 6.20 Å². The number of fused-ring (bicyclic) bond motifs is 1. The predicted octanol–water partition coefficient (Wildman–Crippen LogP) is 1.98. The number of nitrogens with two attached hydrogens (primary N) is 1. The zero-order chi connectivity index (χ0) is 12.5. The average Bonchev–Trinajstić information content (AvgIpc) is 2.39. The third-order valence-electron chi connectivity index (χ3n) is 2.78. The van der Waals surface area contributed by atoms with Crippen molar-refractivity contribution in [3.05, 3.63) is 42.5 Å². The Hall–Kier alpha value is -2.56. The molecule has 3 rings (SSSR count). The summed E-state index contributed by atoms with van der Waals surface area (Å²) in [5.74, 6) is 0.487. The maximum atomic E-state index is 5.85. The van der Waals surface area contributed by atoms with E-state index in [0.717, 1.165) is 27.7 Å². The van der Waals surface area contributed by atoms with Crippen molar-refractivity contribution in [2.75, 3.05) is 5.73 Å². The molecule has 0 aliphatic carbocycles. The first kappa shape index (κ1) is 10.6. The molecule has 3 aromatic rings. The largest absolute Gasteiger partial charge is 0.383 e. The van der Waals surface area contributed by atoms with Crippen LogP contribution < -0.4 is 5.73 Å². The van der Waals surface area contributed by atoms with Crippen LogP contribution in [0.1, 0.15) is 5.69 Å². The molecule has 0 aliphatic rings. The fourth-order valence-corrected chi connectivity index (χ4v) is 1.89. The lowest BCUT2D eigenvalue weighted by Crippen LogP contribution is -1.94. The van der Waals surface area contributed by atoms with Gasteiger partial charge in [0.2, 0.25) is 0 Å². The van der Waals surface area contributed by atoms with Gasteiger partial charge >= 0.3 is 0 Å². The molecule has 5 heteroatoms. The number of hydrogen-bond donors (Lipinski definition) is 1. The Kier molecular flexibility index (Phi) is 2.37. The van der Waals surface area contributed by atoms with E-state index in [-0.39, 0.29) is 0 Å². The zero-order valence-electron chi connectivity index (χ0n) is 9.83. The maximum Gasteiger partial charge on any atom is 0.134 e. The van der Waals surface area contributed by atoms with Crippen LogP contribution in [0.2, 0.25) is 0 Å². The standard InChI is InChI=1S/C13H11N5/c1-8-4-10(6-17-18-8)9-2-3-12-11(5-9)13(14)16-7-15-12/h2-7H,1H3,(H2,14,15,16). The first-order valence-electron chi connectivity index (χ1n) is 5.54. The molecule has 0 saturated carbocycles. The molecule has 1 aromatic carbocycles. The molecule has 0 radical (unpaired) electrons. The molecule has 0 saturated heterocycles. The van der Waals surface area contributed by atoms with Gasteiger partial charge in [0.25, 0.3) is 0 Å². The second kappa shape index (κ2) is 4.03. The highest BCUT2D eigenvalue weighted by Gasteiger charge is 2.04. The highest BCUT2D eigenvalue weighted by Crippen LogP contribution is 2.25. The van der Waals surface area contributed by atoms with Crippen molar-refractivity contribution in [1.29, 1.82) is 0 Å². The number of anilines is 1. The highest BCUT2D eigenvalue weighted by molar-refractivity contribution is 5.91. The van der Waals surface area contributed by atoms with Crippen molar-refractivity contribution in [3.8, 4) is 11.1 Å². The van der Waals surface area contributed by atoms with Crippen LogP contribution in [0.3, 0.4) is 0 Å². The molecule has 0 aliphatic heterocycles. The molecule has 2 aromatic heterocycles. The molecule has 0 atom stereocenters. The Morgan fingerprint density at radius 1 is 1.06 bits per heavy atom. The predicted molar refractivity (Wildman–Crippen MR) is 69.7 cm³/mol. The maximum absolute atomic E-state index is 5.85. The van der Waals surface area contributed by atoms with E-state index in [1.807, 2.05) is 31.2 Å². The number of aryl methyl sites for hydroxylation is 1. The van der Waals surface area contributed by atoms with Crippen molar-refractivity contribution in [2.45, 2.75) is 6.92 Å². The van der Waals surface area contributed by atoms with Gasteiger partial charge in [-0.1, -0.05) is 6.07 Å².